The van der Waals surface area contributed by atoms with Gasteiger partial charge in [-0.1, -0.05) is 33.1 Å². The van der Waals surface area contributed by atoms with Crippen molar-refractivity contribution >= 4 is 0 Å². The summed E-state index contributed by atoms with van der Waals surface area (Å²) in [5.74, 6) is 2.92. The van der Waals surface area contributed by atoms with Gasteiger partial charge in [0.1, 0.15) is 11.5 Å². The zero-order chi connectivity index (χ0) is 13.7. The van der Waals surface area contributed by atoms with Crippen LogP contribution in [0.25, 0.3) is 0 Å². The van der Waals surface area contributed by atoms with Gasteiger partial charge in [-0.05, 0) is 25.3 Å². The maximum absolute atomic E-state index is 5.77. The molecule has 0 aromatic carbocycles. The second kappa shape index (κ2) is 7.11. The van der Waals surface area contributed by atoms with E-state index in [-0.39, 0.29) is 0 Å². The molecule has 0 aliphatic heterocycles. The van der Waals surface area contributed by atoms with Crippen molar-refractivity contribution in [3.8, 4) is 0 Å². The van der Waals surface area contributed by atoms with Gasteiger partial charge in [0, 0.05) is 18.2 Å². The number of nitrogens with one attached hydrogen (secondary N) is 1. The summed E-state index contributed by atoms with van der Waals surface area (Å²) in [5.41, 5.74) is 1.19. The standard InChI is InChI=1S/C16H27NO2/c1-12(2)17-10-16-9-15(13(3)19-16)11-18-8-7-14-5-4-6-14/h9,12,14,17H,4-8,10-11H2,1-3H3. The van der Waals surface area contributed by atoms with Gasteiger partial charge in [-0.25, -0.2) is 0 Å². The summed E-state index contributed by atoms with van der Waals surface area (Å²) in [6.07, 6.45) is 5.44. The lowest BCUT2D eigenvalue weighted by Gasteiger charge is -2.24. The molecule has 0 spiro atoms. The Labute approximate surface area is 116 Å². The van der Waals surface area contributed by atoms with Crippen molar-refractivity contribution in [2.24, 2.45) is 5.92 Å². The summed E-state index contributed by atoms with van der Waals surface area (Å²) < 4.78 is 11.5. The van der Waals surface area contributed by atoms with Crippen molar-refractivity contribution in [3.05, 3.63) is 23.2 Å². The maximum Gasteiger partial charge on any atom is 0.118 e. The van der Waals surface area contributed by atoms with E-state index in [2.05, 4.69) is 25.2 Å². The third-order valence-electron chi connectivity index (χ3n) is 3.91. The lowest BCUT2D eigenvalue weighted by atomic mass is 9.83. The molecule has 1 heterocycles. The van der Waals surface area contributed by atoms with Crippen LogP contribution in [0, 0.1) is 12.8 Å². The Hall–Kier alpha value is -0.800. The third kappa shape index (κ3) is 4.66. The predicted molar refractivity (Wildman–Crippen MR) is 77.0 cm³/mol. The lowest BCUT2D eigenvalue weighted by Crippen LogP contribution is -2.21. The van der Waals surface area contributed by atoms with E-state index in [0.717, 1.165) is 30.6 Å². The van der Waals surface area contributed by atoms with E-state index >= 15 is 0 Å². The minimum Gasteiger partial charge on any atom is -0.465 e. The molecule has 1 N–H and O–H groups in total. The van der Waals surface area contributed by atoms with Gasteiger partial charge < -0.3 is 14.5 Å². The van der Waals surface area contributed by atoms with Crippen LogP contribution < -0.4 is 5.32 Å². The molecule has 1 aromatic heterocycles. The molecule has 1 fully saturated rings. The summed E-state index contributed by atoms with van der Waals surface area (Å²) in [6.45, 7) is 8.66. The molecule has 0 radical (unpaired) electrons. The molecule has 0 atom stereocenters. The molecule has 0 bridgehead atoms. The molecule has 1 saturated carbocycles. The minimum atomic E-state index is 0.479. The van der Waals surface area contributed by atoms with Crippen LogP contribution in [-0.2, 0) is 17.9 Å². The van der Waals surface area contributed by atoms with Crippen LogP contribution in [0.15, 0.2) is 10.5 Å². The predicted octanol–water partition coefficient (Wildman–Crippen LogP) is 3.79. The van der Waals surface area contributed by atoms with Crippen molar-refractivity contribution in [3.63, 3.8) is 0 Å². The molecular weight excluding hydrogens is 238 g/mol. The molecule has 1 aliphatic carbocycles. The van der Waals surface area contributed by atoms with Crippen LogP contribution in [-0.4, -0.2) is 12.6 Å². The van der Waals surface area contributed by atoms with Crippen molar-refractivity contribution in [1.29, 1.82) is 0 Å². The summed E-state index contributed by atoms with van der Waals surface area (Å²) >= 11 is 0. The highest BCUT2D eigenvalue weighted by Crippen LogP contribution is 2.29. The van der Waals surface area contributed by atoms with Gasteiger partial charge in [-0.2, -0.15) is 0 Å². The minimum absolute atomic E-state index is 0.479. The van der Waals surface area contributed by atoms with Crippen molar-refractivity contribution in [2.75, 3.05) is 6.61 Å². The molecule has 3 nitrogen and oxygen atoms in total. The summed E-state index contributed by atoms with van der Waals surface area (Å²) in [5, 5.41) is 3.37. The Morgan fingerprint density at radius 2 is 2.21 bits per heavy atom. The first kappa shape index (κ1) is 14.6. The van der Waals surface area contributed by atoms with E-state index in [1.54, 1.807) is 0 Å². The topological polar surface area (TPSA) is 34.4 Å². The monoisotopic (exact) mass is 265 g/mol. The molecule has 2 rings (SSSR count). The quantitative estimate of drug-likeness (QED) is 0.726. The molecule has 0 unspecified atom stereocenters. The van der Waals surface area contributed by atoms with Crippen molar-refractivity contribution < 1.29 is 9.15 Å². The van der Waals surface area contributed by atoms with E-state index in [9.17, 15) is 0 Å². The first-order chi connectivity index (χ1) is 9.15. The molecule has 1 aliphatic rings. The van der Waals surface area contributed by atoms with Crippen LogP contribution in [0.3, 0.4) is 0 Å². The van der Waals surface area contributed by atoms with Crippen LogP contribution in [0.1, 0.15) is 56.6 Å². The van der Waals surface area contributed by atoms with Crippen molar-refractivity contribution in [1.82, 2.24) is 5.32 Å². The Morgan fingerprint density at radius 1 is 1.42 bits per heavy atom. The van der Waals surface area contributed by atoms with E-state index in [1.807, 2.05) is 6.92 Å². The van der Waals surface area contributed by atoms with Gasteiger partial charge in [-0.3, -0.25) is 0 Å². The number of ether oxygens (including phenoxy) is 1. The highest BCUT2D eigenvalue weighted by molar-refractivity contribution is 5.19. The van der Waals surface area contributed by atoms with Crippen LogP contribution in [0.5, 0.6) is 0 Å². The zero-order valence-corrected chi connectivity index (χ0v) is 12.5. The third-order valence-corrected chi connectivity index (χ3v) is 3.91. The fourth-order valence-electron chi connectivity index (χ4n) is 2.34. The fraction of sp³-hybridized carbons (Fsp3) is 0.750. The largest absolute Gasteiger partial charge is 0.465 e. The second-order valence-corrected chi connectivity index (χ2v) is 5.97. The first-order valence-corrected chi connectivity index (χ1v) is 7.54. The van der Waals surface area contributed by atoms with Gasteiger partial charge >= 0.3 is 0 Å². The number of hydrogen-bond donors (Lipinski definition) is 1. The Kier molecular flexibility index (Phi) is 5.46. The average Bonchev–Trinajstić information content (AvgIpc) is 2.65. The summed E-state index contributed by atoms with van der Waals surface area (Å²) in [7, 11) is 0. The van der Waals surface area contributed by atoms with Gasteiger partial charge in [0.2, 0.25) is 0 Å². The number of aryl methyl sites for hydroxylation is 1. The van der Waals surface area contributed by atoms with E-state index in [1.165, 1.54) is 31.2 Å². The average molecular weight is 265 g/mol. The van der Waals surface area contributed by atoms with Crippen LogP contribution in [0.2, 0.25) is 0 Å². The maximum atomic E-state index is 5.77. The summed E-state index contributed by atoms with van der Waals surface area (Å²) in [6, 6.07) is 2.60. The second-order valence-electron chi connectivity index (χ2n) is 5.97. The fourth-order valence-corrected chi connectivity index (χ4v) is 2.34. The molecule has 0 amide bonds. The van der Waals surface area contributed by atoms with E-state index < -0.39 is 0 Å². The Balaban J connectivity index is 1.69. The molecule has 3 heteroatoms. The smallest absolute Gasteiger partial charge is 0.118 e. The summed E-state index contributed by atoms with van der Waals surface area (Å²) in [4.78, 5) is 0. The highest BCUT2D eigenvalue weighted by atomic mass is 16.5. The van der Waals surface area contributed by atoms with E-state index in [4.69, 9.17) is 9.15 Å². The molecule has 19 heavy (non-hydrogen) atoms. The number of furan rings is 1. The first-order valence-electron chi connectivity index (χ1n) is 7.54. The normalized spacial score (nSPS) is 16.0. The highest BCUT2D eigenvalue weighted by Gasteiger charge is 2.16. The van der Waals surface area contributed by atoms with Gasteiger partial charge in [0.15, 0.2) is 0 Å². The molecule has 108 valence electrons. The SMILES string of the molecule is Cc1oc(CNC(C)C)cc1COCCC1CCC1. The molecule has 1 aromatic rings. The number of hydrogen-bond acceptors (Lipinski definition) is 3. The van der Waals surface area contributed by atoms with Crippen molar-refractivity contribution in [2.45, 2.75) is 65.6 Å². The number of rotatable bonds is 8. The van der Waals surface area contributed by atoms with Crippen LogP contribution >= 0.6 is 0 Å². The lowest BCUT2D eigenvalue weighted by molar-refractivity contribution is 0.0942. The van der Waals surface area contributed by atoms with Gasteiger partial charge in [0.05, 0.1) is 13.2 Å². The Bertz CT molecular complexity index is 380. The van der Waals surface area contributed by atoms with E-state index in [0.29, 0.717) is 12.6 Å². The van der Waals surface area contributed by atoms with Crippen LogP contribution in [0.4, 0.5) is 0 Å². The van der Waals surface area contributed by atoms with Gasteiger partial charge in [0.25, 0.3) is 0 Å². The zero-order valence-electron chi connectivity index (χ0n) is 12.5. The molecule has 0 saturated heterocycles. The molecular formula is C16H27NO2. The van der Waals surface area contributed by atoms with Gasteiger partial charge in [-0.15, -0.1) is 0 Å². The Morgan fingerprint density at radius 3 is 2.84 bits per heavy atom.